The van der Waals surface area contributed by atoms with Gasteiger partial charge in [0.2, 0.25) is 5.91 Å². The lowest BCUT2D eigenvalue weighted by molar-refractivity contribution is -0.121. The van der Waals surface area contributed by atoms with E-state index >= 15 is 0 Å². The molecule has 1 aromatic rings. The lowest BCUT2D eigenvalue weighted by Gasteiger charge is -2.08. The minimum absolute atomic E-state index is 0.106. The molecule has 0 atom stereocenters. The van der Waals surface area contributed by atoms with E-state index in [1.807, 2.05) is 12.1 Å². The monoisotopic (exact) mass is 250 g/mol. The number of hydrogen-bond acceptors (Lipinski definition) is 3. The van der Waals surface area contributed by atoms with Crippen LogP contribution in [0, 0.1) is 13.8 Å². The first-order chi connectivity index (χ1) is 8.61. The number of nitrogens with two attached hydrogens (primary N) is 1. The average molecular weight is 250 g/mol. The minimum Gasteiger partial charge on any atom is -0.494 e. The van der Waals surface area contributed by atoms with Crippen LogP contribution in [0.5, 0.6) is 5.75 Å². The van der Waals surface area contributed by atoms with Gasteiger partial charge in [-0.05, 0) is 56.4 Å². The first kappa shape index (κ1) is 14.5. The fraction of sp³-hybridized carbons (Fsp3) is 0.500. The van der Waals surface area contributed by atoms with E-state index < -0.39 is 0 Å². The standard InChI is InChI=1S/C14H22N2O2/c1-11-8-12(2)10-13(9-11)18-7-5-3-4-6-14(17)16-15/h8-10H,3-7,15H2,1-2H3,(H,16,17). The van der Waals surface area contributed by atoms with Gasteiger partial charge in [-0.25, -0.2) is 5.84 Å². The van der Waals surface area contributed by atoms with Crippen LogP contribution in [0.25, 0.3) is 0 Å². The molecule has 100 valence electrons. The summed E-state index contributed by atoms with van der Waals surface area (Å²) in [6, 6.07) is 6.20. The molecule has 0 heterocycles. The number of carbonyl (C=O) groups excluding carboxylic acids is 1. The molecule has 0 aliphatic rings. The van der Waals surface area contributed by atoms with E-state index in [1.165, 1.54) is 11.1 Å². The summed E-state index contributed by atoms with van der Waals surface area (Å²) in [6.07, 6.45) is 3.25. The third kappa shape index (κ3) is 5.68. The normalized spacial score (nSPS) is 10.2. The van der Waals surface area contributed by atoms with E-state index in [1.54, 1.807) is 0 Å². The molecule has 1 rings (SSSR count). The highest BCUT2D eigenvalue weighted by atomic mass is 16.5. The van der Waals surface area contributed by atoms with Gasteiger partial charge in [0, 0.05) is 6.42 Å². The molecule has 0 spiro atoms. The predicted octanol–water partition coefficient (Wildman–Crippen LogP) is 2.23. The summed E-state index contributed by atoms with van der Waals surface area (Å²) in [6.45, 7) is 4.81. The van der Waals surface area contributed by atoms with Crippen LogP contribution in [-0.2, 0) is 4.79 Å². The Morgan fingerprint density at radius 1 is 1.17 bits per heavy atom. The molecule has 1 amide bonds. The van der Waals surface area contributed by atoms with Crippen LogP contribution < -0.4 is 16.0 Å². The first-order valence-corrected chi connectivity index (χ1v) is 6.32. The van der Waals surface area contributed by atoms with Gasteiger partial charge in [0.05, 0.1) is 6.61 Å². The smallest absolute Gasteiger partial charge is 0.233 e. The topological polar surface area (TPSA) is 64.3 Å². The summed E-state index contributed by atoms with van der Waals surface area (Å²) < 4.78 is 5.68. The zero-order valence-electron chi connectivity index (χ0n) is 11.2. The SMILES string of the molecule is Cc1cc(C)cc(OCCCCCC(=O)NN)c1. The van der Waals surface area contributed by atoms with Gasteiger partial charge in [-0.3, -0.25) is 10.2 Å². The molecular formula is C14H22N2O2. The lowest BCUT2D eigenvalue weighted by atomic mass is 10.1. The van der Waals surface area contributed by atoms with Gasteiger partial charge in [0.15, 0.2) is 0 Å². The first-order valence-electron chi connectivity index (χ1n) is 6.32. The molecule has 1 aromatic carbocycles. The molecule has 0 unspecified atom stereocenters. The van der Waals surface area contributed by atoms with Crippen molar-refractivity contribution < 1.29 is 9.53 Å². The van der Waals surface area contributed by atoms with Gasteiger partial charge < -0.3 is 4.74 Å². The fourth-order valence-electron chi connectivity index (χ4n) is 1.84. The molecule has 0 bridgehead atoms. The van der Waals surface area contributed by atoms with Crippen LogP contribution in [0.4, 0.5) is 0 Å². The van der Waals surface area contributed by atoms with Crippen LogP contribution in [0.2, 0.25) is 0 Å². The molecule has 0 aromatic heterocycles. The van der Waals surface area contributed by atoms with Gasteiger partial charge in [-0.2, -0.15) is 0 Å². The van der Waals surface area contributed by atoms with Crippen molar-refractivity contribution in [3.05, 3.63) is 29.3 Å². The van der Waals surface area contributed by atoms with Crippen molar-refractivity contribution in [2.45, 2.75) is 39.5 Å². The molecule has 4 heteroatoms. The molecule has 0 aliphatic carbocycles. The highest BCUT2D eigenvalue weighted by molar-refractivity contribution is 5.75. The summed E-state index contributed by atoms with van der Waals surface area (Å²) in [5, 5.41) is 0. The van der Waals surface area contributed by atoms with Crippen LogP contribution in [0.3, 0.4) is 0 Å². The molecule has 0 fully saturated rings. The third-order valence-corrected chi connectivity index (χ3v) is 2.67. The number of benzene rings is 1. The van der Waals surface area contributed by atoms with Crippen molar-refractivity contribution in [2.24, 2.45) is 5.84 Å². The maximum Gasteiger partial charge on any atom is 0.233 e. The Kier molecular flexibility index (Phi) is 6.22. The predicted molar refractivity (Wildman–Crippen MR) is 72.2 cm³/mol. The summed E-state index contributed by atoms with van der Waals surface area (Å²) in [7, 11) is 0. The molecule has 4 nitrogen and oxygen atoms in total. The van der Waals surface area contributed by atoms with Crippen LogP contribution in [0.15, 0.2) is 18.2 Å². The number of carbonyl (C=O) groups is 1. The van der Waals surface area contributed by atoms with Crippen molar-refractivity contribution in [1.82, 2.24) is 5.43 Å². The Morgan fingerprint density at radius 3 is 2.44 bits per heavy atom. The maximum atomic E-state index is 10.9. The zero-order chi connectivity index (χ0) is 13.4. The van der Waals surface area contributed by atoms with Crippen LogP contribution in [-0.4, -0.2) is 12.5 Å². The van der Waals surface area contributed by atoms with Gasteiger partial charge in [0.25, 0.3) is 0 Å². The summed E-state index contributed by atoms with van der Waals surface area (Å²) in [5.74, 6) is 5.81. The van der Waals surface area contributed by atoms with Gasteiger partial charge in [-0.1, -0.05) is 6.07 Å². The summed E-state index contributed by atoms with van der Waals surface area (Å²) in [4.78, 5) is 10.9. The molecule has 0 aliphatic heterocycles. The molecule has 0 radical (unpaired) electrons. The molecule has 18 heavy (non-hydrogen) atoms. The largest absolute Gasteiger partial charge is 0.494 e. The Labute approximate surface area is 108 Å². The highest BCUT2D eigenvalue weighted by Gasteiger charge is 1.99. The zero-order valence-corrected chi connectivity index (χ0v) is 11.2. The Bertz CT molecular complexity index is 371. The molecule has 0 saturated heterocycles. The van der Waals surface area contributed by atoms with Crippen molar-refractivity contribution >= 4 is 5.91 Å². The van der Waals surface area contributed by atoms with Crippen molar-refractivity contribution in [1.29, 1.82) is 0 Å². The molecular weight excluding hydrogens is 228 g/mol. The average Bonchev–Trinajstić information content (AvgIpc) is 2.32. The number of unbranched alkanes of at least 4 members (excludes halogenated alkanes) is 2. The van der Waals surface area contributed by atoms with Crippen LogP contribution >= 0.6 is 0 Å². The second-order valence-electron chi connectivity index (χ2n) is 4.55. The Balaban J connectivity index is 2.16. The number of nitrogens with one attached hydrogen (secondary N) is 1. The van der Waals surface area contributed by atoms with Crippen molar-refractivity contribution in [2.75, 3.05) is 6.61 Å². The van der Waals surface area contributed by atoms with E-state index in [2.05, 4.69) is 25.3 Å². The lowest BCUT2D eigenvalue weighted by Crippen LogP contribution is -2.29. The van der Waals surface area contributed by atoms with E-state index in [9.17, 15) is 4.79 Å². The minimum atomic E-state index is -0.106. The second kappa shape index (κ2) is 7.71. The second-order valence-corrected chi connectivity index (χ2v) is 4.55. The maximum absolute atomic E-state index is 10.9. The number of hydrazine groups is 1. The number of hydrogen-bond donors (Lipinski definition) is 2. The van der Waals surface area contributed by atoms with Crippen molar-refractivity contribution in [3.63, 3.8) is 0 Å². The van der Waals surface area contributed by atoms with E-state index in [-0.39, 0.29) is 5.91 Å². The number of ether oxygens (including phenoxy) is 1. The number of rotatable bonds is 7. The highest BCUT2D eigenvalue weighted by Crippen LogP contribution is 2.16. The van der Waals surface area contributed by atoms with Gasteiger partial charge in [-0.15, -0.1) is 0 Å². The number of amides is 1. The third-order valence-electron chi connectivity index (χ3n) is 2.67. The van der Waals surface area contributed by atoms with Gasteiger partial charge >= 0.3 is 0 Å². The fourth-order valence-corrected chi connectivity index (χ4v) is 1.84. The Morgan fingerprint density at radius 2 is 1.83 bits per heavy atom. The van der Waals surface area contributed by atoms with Crippen molar-refractivity contribution in [3.8, 4) is 5.75 Å². The summed E-state index contributed by atoms with van der Waals surface area (Å²) >= 11 is 0. The Hall–Kier alpha value is -1.55. The van der Waals surface area contributed by atoms with E-state index in [0.29, 0.717) is 13.0 Å². The quantitative estimate of drug-likeness (QED) is 0.337. The number of aryl methyl sites for hydroxylation is 2. The van der Waals surface area contributed by atoms with Crippen LogP contribution in [0.1, 0.15) is 36.8 Å². The molecule has 3 N–H and O–H groups in total. The summed E-state index contributed by atoms with van der Waals surface area (Å²) in [5.41, 5.74) is 4.55. The van der Waals surface area contributed by atoms with Gasteiger partial charge in [0.1, 0.15) is 5.75 Å². The van der Waals surface area contributed by atoms with E-state index in [0.717, 1.165) is 25.0 Å². The van der Waals surface area contributed by atoms with E-state index in [4.69, 9.17) is 10.6 Å². The molecule has 0 saturated carbocycles.